The molecular formula is C32H16F6IrN4-2. The maximum Gasteiger partial charge on any atom is 0.154 e. The van der Waals surface area contributed by atoms with Gasteiger partial charge >= 0.3 is 0 Å². The van der Waals surface area contributed by atoms with Crippen LogP contribution in [0.4, 0.5) is 26.3 Å². The Morgan fingerprint density at radius 1 is 0.465 bits per heavy atom. The molecule has 0 bridgehead atoms. The van der Waals surface area contributed by atoms with Gasteiger partial charge in [-0.05, 0) is 35.7 Å². The maximum absolute atomic E-state index is 13.9. The van der Waals surface area contributed by atoms with Crippen LogP contribution < -0.4 is 0 Å². The van der Waals surface area contributed by atoms with Crippen LogP contribution in [0.5, 0.6) is 0 Å². The number of pyridine rings is 4. The normalized spacial score (nSPS) is 10.4. The summed E-state index contributed by atoms with van der Waals surface area (Å²) in [5, 5.41) is 0. The summed E-state index contributed by atoms with van der Waals surface area (Å²) in [6.45, 7) is 0. The molecule has 4 aromatic heterocycles. The number of aromatic nitrogens is 4. The van der Waals surface area contributed by atoms with E-state index in [1.54, 1.807) is 36.4 Å². The molecule has 0 aliphatic carbocycles. The Bertz CT molecular complexity index is 1730. The van der Waals surface area contributed by atoms with Crippen LogP contribution in [0.15, 0.2) is 97.3 Å². The predicted molar refractivity (Wildman–Crippen MR) is 143 cm³/mol. The number of halogens is 6. The number of benzene rings is 2. The van der Waals surface area contributed by atoms with Crippen molar-refractivity contribution in [2.45, 2.75) is 0 Å². The van der Waals surface area contributed by atoms with Crippen molar-refractivity contribution in [1.82, 2.24) is 19.9 Å². The molecule has 43 heavy (non-hydrogen) atoms. The van der Waals surface area contributed by atoms with Gasteiger partial charge < -0.3 is 4.98 Å². The summed E-state index contributed by atoms with van der Waals surface area (Å²) in [5.74, 6) is -4.66. The molecule has 0 saturated heterocycles. The maximum atomic E-state index is 13.9. The summed E-state index contributed by atoms with van der Waals surface area (Å²) in [6.07, 6.45) is 3.06. The fraction of sp³-hybridized carbons (Fsp3) is 0. The molecule has 1 radical (unpaired) electrons. The zero-order valence-corrected chi connectivity index (χ0v) is 24.0. The first kappa shape index (κ1) is 31.2. The van der Waals surface area contributed by atoms with Gasteiger partial charge in [0, 0.05) is 61.8 Å². The molecule has 4 nitrogen and oxygen atoms in total. The molecule has 0 fully saturated rings. The Labute approximate surface area is 255 Å². The quantitative estimate of drug-likeness (QED) is 0.135. The molecule has 0 N–H and O–H groups in total. The van der Waals surface area contributed by atoms with Crippen LogP contribution in [-0.2, 0) is 20.1 Å². The number of hydrogen-bond acceptors (Lipinski definition) is 4. The van der Waals surface area contributed by atoms with E-state index in [1.165, 1.54) is 30.6 Å². The number of nitrogens with zero attached hydrogens (tertiary/aromatic N) is 4. The van der Waals surface area contributed by atoms with E-state index in [1.807, 2.05) is 0 Å². The molecule has 4 heterocycles. The van der Waals surface area contributed by atoms with Crippen LogP contribution in [0.2, 0.25) is 0 Å². The predicted octanol–water partition coefficient (Wildman–Crippen LogP) is 8.05. The average molecular weight is 763 g/mol. The van der Waals surface area contributed by atoms with Gasteiger partial charge in [0.25, 0.3) is 0 Å². The van der Waals surface area contributed by atoms with Crippen molar-refractivity contribution in [2.75, 3.05) is 0 Å². The molecule has 0 amide bonds. The van der Waals surface area contributed by atoms with Gasteiger partial charge in [0.1, 0.15) is 11.4 Å². The van der Waals surface area contributed by atoms with Gasteiger partial charge in [-0.2, -0.15) is 0 Å². The zero-order chi connectivity index (χ0) is 29.6. The van der Waals surface area contributed by atoms with Gasteiger partial charge in [0.2, 0.25) is 0 Å². The van der Waals surface area contributed by atoms with E-state index in [9.17, 15) is 26.3 Å². The first-order valence-corrected chi connectivity index (χ1v) is 12.2. The minimum atomic E-state index is -0.826. The molecule has 0 aliphatic heterocycles. The standard InChI is InChI=1S/C17H7F4N.C15H9F2N3.Ir/c18-10-4-6-12(14(20)8-10)16-2-1-3-17(22-16)13-7-5-11(19)9-15(13)21;16-10-9-11(17)15(13-6-2-4-8-19-13)20-14(10)12-5-1-3-7-18-12;/h1-5,8-9H;1-9H;/q-2;;. The van der Waals surface area contributed by atoms with E-state index >= 15 is 0 Å². The van der Waals surface area contributed by atoms with E-state index in [0.717, 1.165) is 18.2 Å². The van der Waals surface area contributed by atoms with Gasteiger partial charge in [-0.25, -0.2) is 13.8 Å². The first-order valence-electron chi connectivity index (χ1n) is 12.2. The van der Waals surface area contributed by atoms with Crippen molar-refractivity contribution in [2.24, 2.45) is 0 Å². The number of rotatable bonds is 4. The second kappa shape index (κ2) is 14.0. The molecule has 0 saturated carbocycles. The van der Waals surface area contributed by atoms with Crippen LogP contribution >= 0.6 is 0 Å². The fourth-order valence-electron chi connectivity index (χ4n) is 3.83. The zero-order valence-electron chi connectivity index (χ0n) is 21.6. The van der Waals surface area contributed by atoms with Crippen molar-refractivity contribution in [1.29, 1.82) is 0 Å². The van der Waals surface area contributed by atoms with Crippen molar-refractivity contribution >= 4 is 0 Å². The van der Waals surface area contributed by atoms with E-state index in [0.29, 0.717) is 23.5 Å². The molecule has 6 rings (SSSR count). The summed E-state index contributed by atoms with van der Waals surface area (Å²) < 4.78 is 81.1. The second-order valence-corrected chi connectivity index (χ2v) is 8.57. The van der Waals surface area contributed by atoms with E-state index in [2.05, 4.69) is 32.1 Å². The Morgan fingerprint density at radius 2 is 0.907 bits per heavy atom. The van der Waals surface area contributed by atoms with E-state index < -0.39 is 34.9 Å². The molecule has 217 valence electrons. The molecular weight excluding hydrogens is 747 g/mol. The third kappa shape index (κ3) is 7.38. The molecule has 2 aromatic carbocycles. The van der Waals surface area contributed by atoms with Crippen molar-refractivity contribution in [3.8, 4) is 45.3 Å². The summed E-state index contributed by atoms with van der Waals surface area (Å²) >= 11 is 0. The smallest absolute Gasteiger partial charge is 0.154 e. The monoisotopic (exact) mass is 763 g/mol. The molecule has 11 heteroatoms. The SMILES string of the molecule is Fc1c[c-]c(-c2cccc(-c3[c-]cc(F)cc3F)n2)c(F)c1.Fc1cc(F)c(-c2ccccn2)nc1-c1ccccn1.[Ir]. The van der Waals surface area contributed by atoms with Gasteiger partial charge in [-0.1, -0.05) is 53.6 Å². The van der Waals surface area contributed by atoms with Crippen molar-refractivity contribution in [3.63, 3.8) is 0 Å². The van der Waals surface area contributed by atoms with Crippen LogP contribution in [-0.4, -0.2) is 19.9 Å². The minimum absolute atomic E-state index is 0. The third-order valence-corrected chi connectivity index (χ3v) is 5.72. The topological polar surface area (TPSA) is 51.6 Å². The van der Waals surface area contributed by atoms with Gasteiger partial charge in [0.05, 0.1) is 11.4 Å². The van der Waals surface area contributed by atoms with Crippen LogP contribution in [0.25, 0.3) is 45.3 Å². The summed E-state index contributed by atoms with van der Waals surface area (Å²) in [5.41, 5.74) is 0.959. The summed E-state index contributed by atoms with van der Waals surface area (Å²) in [4.78, 5) is 16.2. The fourth-order valence-corrected chi connectivity index (χ4v) is 3.83. The summed E-state index contributed by atoms with van der Waals surface area (Å²) in [7, 11) is 0. The third-order valence-electron chi connectivity index (χ3n) is 5.72. The second-order valence-electron chi connectivity index (χ2n) is 8.57. The van der Waals surface area contributed by atoms with Crippen molar-refractivity contribution < 1.29 is 46.4 Å². The van der Waals surface area contributed by atoms with Gasteiger partial charge in [-0.3, -0.25) is 27.5 Å². The average Bonchev–Trinajstić information content (AvgIpc) is 2.98. The Morgan fingerprint density at radius 3 is 1.30 bits per heavy atom. The molecule has 0 spiro atoms. The number of hydrogen-bond donors (Lipinski definition) is 0. The van der Waals surface area contributed by atoms with Gasteiger partial charge in [-0.15, -0.1) is 24.3 Å². The molecule has 0 aliphatic rings. The molecule has 6 aromatic rings. The Hall–Kier alpha value is -4.73. The van der Waals surface area contributed by atoms with Crippen LogP contribution in [0.3, 0.4) is 0 Å². The summed E-state index contributed by atoms with van der Waals surface area (Å²) in [6, 6.07) is 23.7. The first-order chi connectivity index (χ1) is 20.3. The van der Waals surface area contributed by atoms with Crippen LogP contribution in [0.1, 0.15) is 0 Å². The molecule has 0 atom stereocenters. The van der Waals surface area contributed by atoms with E-state index in [4.69, 9.17) is 0 Å². The Balaban J connectivity index is 0.000000193. The van der Waals surface area contributed by atoms with E-state index in [-0.39, 0.29) is 54.0 Å². The van der Waals surface area contributed by atoms with Gasteiger partial charge in [0.15, 0.2) is 11.6 Å². The Kier molecular flexibility index (Phi) is 10.1. The largest absolute Gasteiger partial charge is 0.345 e. The minimum Gasteiger partial charge on any atom is -0.345 e. The molecule has 0 unspecified atom stereocenters. The van der Waals surface area contributed by atoms with Crippen molar-refractivity contribution in [3.05, 3.63) is 144 Å². The van der Waals surface area contributed by atoms with Crippen LogP contribution in [0, 0.1) is 47.0 Å².